The molecule has 0 radical (unpaired) electrons. The molecule has 0 atom stereocenters. The van der Waals surface area contributed by atoms with Crippen molar-refractivity contribution in [3.8, 4) is 33.8 Å². The minimum Gasteiger partial charge on any atom is -0.508 e. The zero-order valence-corrected chi connectivity index (χ0v) is 14.2. The van der Waals surface area contributed by atoms with Crippen molar-refractivity contribution in [1.82, 2.24) is 0 Å². The lowest BCUT2D eigenvalue weighted by atomic mass is 9.96. The van der Waals surface area contributed by atoms with Crippen LogP contribution >= 0.6 is 0 Å². The van der Waals surface area contributed by atoms with Crippen molar-refractivity contribution in [2.24, 2.45) is 0 Å². The number of benzene rings is 3. The first-order valence-corrected chi connectivity index (χ1v) is 8.90. The molecule has 0 aliphatic carbocycles. The maximum atomic E-state index is 12.1. The van der Waals surface area contributed by atoms with Gasteiger partial charge >= 0.3 is 0 Å². The van der Waals surface area contributed by atoms with Gasteiger partial charge in [-0.2, -0.15) is 8.42 Å². The molecule has 0 aromatic heterocycles. The third-order valence-corrected chi connectivity index (χ3v) is 4.80. The van der Waals surface area contributed by atoms with E-state index in [9.17, 15) is 23.2 Å². The first-order chi connectivity index (χ1) is 11.8. The number of rotatable bonds is 3. The van der Waals surface area contributed by atoms with E-state index in [4.69, 9.17) is 0 Å². The summed E-state index contributed by atoms with van der Waals surface area (Å²) in [6, 6.07) is 15.5. The largest absolute Gasteiger partial charge is 0.508 e. The number of phenolic OH excluding ortho intramolecular Hbond substituents is 2. The van der Waals surface area contributed by atoms with Crippen LogP contribution in [0, 0.1) is 6.92 Å². The molecular formula is C19H16O5S. The molecule has 128 valence electrons. The van der Waals surface area contributed by atoms with Crippen molar-refractivity contribution >= 4 is 10.1 Å². The van der Waals surface area contributed by atoms with Gasteiger partial charge in [0.25, 0.3) is 10.1 Å². The van der Waals surface area contributed by atoms with Crippen molar-refractivity contribution < 1.29 is 23.2 Å². The number of aromatic hydroxyl groups is 2. The monoisotopic (exact) mass is 356 g/mol. The Balaban J connectivity index is 2.36. The Kier molecular flexibility index (Phi) is 4.24. The van der Waals surface area contributed by atoms with Crippen LogP contribution in [0.25, 0.3) is 22.3 Å². The molecule has 0 unspecified atom stereocenters. The average molecular weight is 356 g/mol. The fourth-order valence-corrected chi connectivity index (χ4v) is 3.67. The van der Waals surface area contributed by atoms with E-state index in [0.717, 1.165) is 5.56 Å². The van der Waals surface area contributed by atoms with Crippen LogP contribution in [0.5, 0.6) is 11.5 Å². The molecule has 0 aliphatic rings. The van der Waals surface area contributed by atoms with E-state index in [2.05, 4.69) is 0 Å². The SMILES string of the molecule is Cc1cc(-c2ccc(O)cc2)c(S(=O)(=O)O)c(-c2ccc(O)cc2)c1. The zero-order chi connectivity index (χ0) is 18.2. The molecule has 3 N–H and O–H groups in total. The highest BCUT2D eigenvalue weighted by Crippen LogP contribution is 2.37. The number of phenols is 2. The van der Waals surface area contributed by atoms with Crippen LogP contribution in [0.1, 0.15) is 5.56 Å². The minimum absolute atomic E-state index is 0.0589. The molecule has 0 fully saturated rings. The van der Waals surface area contributed by atoms with Gasteiger partial charge in [0.2, 0.25) is 0 Å². The lowest BCUT2D eigenvalue weighted by Gasteiger charge is -2.15. The maximum Gasteiger partial charge on any atom is 0.295 e. The van der Waals surface area contributed by atoms with Gasteiger partial charge in [-0.05, 0) is 60.0 Å². The van der Waals surface area contributed by atoms with Crippen LogP contribution in [0.2, 0.25) is 0 Å². The third-order valence-electron chi connectivity index (χ3n) is 3.85. The van der Waals surface area contributed by atoms with Crippen LogP contribution in [0.4, 0.5) is 0 Å². The number of hydrogen-bond donors (Lipinski definition) is 3. The third kappa shape index (κ3) is 3.50. The van der Waals surface area contributed by atoms with Gasteiger partial charge in [0.1, 0.15) is 16.4 Å². The molecule has 3 rings (SSSR count). The molecule has 0 aliphatic heterocycles. The minimum atomic E-state index is -4.52. The van der Waals surface area contributed by atoms with Crippen molar-refractivity contribution in [1.29, 1.82) is 0 Å². The topological polar surface area (TPSA) is 94.8 Å². The summed E-state index contributed by atoms with van der Waals surface area (Å²) in [4.78, 5) is -0.213. The zero-order valence-electron chi connectivity index (χ0n) is 13.3. The molecule has 25 heavy (non-hydrogen) atoms. The summed E-state index contributed by atoms with van der Waals surface area (Å²) in [5.74, 6) is 0.118. The van der Waals surface area contributed by atoms with Crippen molar-refractivity contribution in [2.45, 2.75) is 11.8 Å². The maximum absolute atomic E-state index is 12.1. The van der Waals surface area contributed by atoms with Crippen LogP contribution in [0.3, 0.4) is 0 Å². The van der Waals surface area contributed by atoms with E-state index in [1.165, 1.54) is 24.3 Å². The number of aryl methyl sites for hydroxylation is 1. The quantitative estimate of drug-likeness (QED) is 0.617. The van der Waals surface area contributed by atoms with Gasteiger partial charge in [-0.3, -0.25) is 4.55 Å². The molecule has 0 spiro atoms. The van der Waals surface area contributed by atoms with Crippen LogP contribution in [-0.4, -0.2) is 23.2 Å². The predicted molar refractivity (Wildman–Crippen MR) is 95.2 cm³/mol. The first kappa shape index (κ1) is 17.0. The molecule has 0 bridgehead atoms. The van der Waals surface area contributed by atoms with Gasteiger partial charge < -0.3 is 10.2 Å². The summed E-state index contributed by atoms with van der Waals surface area (Å²) in [5.41, 5.74) is 2.58. The van der Waals surface area contributed by atoms with Gasteiger partial charge in [-0.15, -0.1) is 0 Å². The smallest absolute Gasteiger partial charge is 0.295 e. The predicted octanol–water partition coefficient (Wildman–Crippen LogP) is 3.99. The van der Waals surface area contributed by atoms with E-state index < -0.39 is 10.1 Å². The Morgan fingerprint density at radius 1 is 0.720 bits per heavy atom. The van der Waals surface area contributed by atoms with Crippen LogP contribution < -0.4 is 0 Å². The highest BCUT2D eigenvalue weighted by Gasteiger charge is 2.23. The Hall–Kier alpha value is -2.83. The highest BCUT2D eigenvalue weighted by atomic mass is 32.2. The molecule has 6 heteroatoms. The molecule has 0 amide bonds. The van der Waals surface area contributed by atoms with Gasteiger partial charge in [0.05, 0.1) is 0 Å². The van der Waals surface area contributed by atoms with E-state index >= 15 is 0 Å². The molecular weight excluding hydrogens is 340 g/mol. The number of hydrogen-bond acceptors (Lipinski definition) is 4. The Labute approximate surface area is 145 Å². The normalized spacial score (nSPS) is 11.4. The Morgan fingerprint density at radius 3 is 1.40 bits per heavy atom. The first-order valence-electron chi connectivity index (χ1n) is 7.46. The van der Waals surface area contributed by atoms with Crippen molar-refractivity contribution in [3.05, 3.63) is 66.2 Å². The summed E-state index contributed by atoms with van der Waals surface area (Å²) in [6.07, 6.45) is 0. The second-order valence-corrected chi connectivity index (χ2v) is 7.12. The lowest BCUT2D eigenvalue weighted by molar-refractivity contribution is 0.475. The molecule has 0 saturated heterocycles. The summed E-state index contributed by atoms with van der Waals surface area (Å²) in [5, 5.41) is 18.9. The lowest BCUT2D eigenvalue weighted by Crippen LogP contribution is -2.04. The van der Waals surface area contributed by atoms with Crippen LogP contribution in [0.15, 0.2) is 65.6 Å². The Morgan fingerprint density at radius 2 is 1.08 bits per heavy atom. The standard InChI is InChI=1S/C19H16O5S/c1-12-10-17(13-2-6-15(20)7-3-13)19(25(22,23)24)18(11-12)14-4-8-16(21)9-5-14/h2-11,20-21H,1H3,(H,22,23,24). The van der Waals surface area contributed by atoms with Gasteiger partial charge in [-0.25, -0.2) is 0 Å². The average Bonchev–Trinajstić information content (AvgIpc) is 2.54. The van der Waals surface area contributed by atoms with E-state index in [0.29, 0.717) is 22.3 Å². The molecule has 0 heterocycles. The summed E-state index contributed by atoms with van der Waals surface area (Å²) in [6.45, 7) is 1.82. The van der Waals surface area contributed by atoms with Crippen molar-refractivity contribution in [3.63, 3.8) is 0 Å². The molecule has 5 nitrogen and oxygen atoms in total. The fourth-order valence-electron chi connectivity index (χ4n) is 2.76. The second-order valence-electron chi connectivity index (χ2n) is 5.76. The molecule has 3 aromatic carbocycles. The molecule has 0 saturated carbocycles. The van der Waals surface area contributed by atoms with Gasteiger partial charge in [0, 0.05) is 11.1 Å². The van der Waals surface area contributed by atoms with E-state index in [-0.39, 0.29) is 16.4 Å². The summed E-state index contributed by atoms with van der Waals surface area (Å²) >= 11 is 0. The Bertz CT molecular complexity index is 954. The summed E-state index contributed by atoms with van der Waals surface area (Å²) in [7, 11) is -4.52. The molecule has 3 aromatic rings. The fraction of sp³-hybridized carbons (Fsp3) is 0.0526. The highest BCUT2D eigenvalue weighted by molar-refractivity contribution is 7.86. The van der Waals surface area contributed by atoms with Gasteiger partial charge in [0.15, 0.2) is 0 Å². The van der Waals surface area contributed by atoms with E-state index in [1.807, 2.05) is 6.92 Å². The van der Waals surface area contributed by atoms with Gasteiger partial charge in [-0.1, -0.05) is 24.3 Å². The van der Waals surface area contributed by atoms with E-state index in [1.54, 1.807) is 36.4 Å². The van der Waals surface area contributed by atoms with Crippen LogP contribution in [-0.2, 0) is 10.1 Å². The second kappa shape index (κ2) is 6.23. The van der Waals surface area contributed by atoms with Crippen molar-refractivity contribution in [2.75, 3.05) is 0 Å². The summed E-state index contributed by atoms with van der Waals surface area (Å²) < 4.78 is 34.1.